The van der Waals surface area contributed by atoms with E-state index < -0.39 is 39.9 Å². The molecule has 0 bridgehead atoms. The van der Waals surface area contributed by atoms with E-state index in [1.165, 1.54) is 29.1 Å². The molecule has 71 heavy (non-hydrogen) atoms. The van der Waals surface area contributed by atoms with Gasteiger partial charge in [0.2, 0.25) is 11.6 Å². The average Bonchev–Trinajstić information content (AvgIpc) is 4.02. The van der Waals surface area contributed by atoms with Crippen molar-refractivity contribution in [3.8, 4) is 22.8 Å². The van der Waals surface area contributed by atoms with Crippen LogP contribution >= 0.6 is 11.8 Å². The van der Waals surface area contributed by atoms with E-state index in [-0.39, 0.29) is 5.60 Å². The maximum atomic E-state index is 12.9. The molecule has 2 aromatic heterocycles. The van der Waals surface area contributed by atoms with Crippen LogP contribution in [0.3, 0.4) is 0 Å². The highest BCUT2D eigenvalue weighted by Crippen LogP contribution is 2.36. The molecule has 2 aliphatic rings. The van der Waals surface area contributed by atoms with Crippen LogP contribution in [0.5, 0.6) is 0 Å². The lowest BCUT2D eigenvalue weighted by Crippen LogP contribution is -2.56. The topological polar surface area (TPSA) is 123 Å². The molecule has 0 radical (unpaired) electrons. The van der Waals surface area contributed by atoms with Crippen molar-refractivity contribution in [2.24, 2.45) is 0 Å². The monoisotopic (exact) mass is 1010 g/mol. The molecule has 0 unspecified atom stereocenters. The summed E-state index contributed by atoms with van der Waals surface area (Å²) in [5.74, 6) is 3.43. The van der Waals surface area contributed by atoms with E-state index in [2.05, 4.69) is 30.8 Å². The largest absolute Gasteiger partial charge is 0.416 e. The first-order chi connectivity index (χ1) is 34.2. The van der Waals surface area contributed by atoms with Gasteiger partial charge in [-0.1, -0.05) is 133 Å². The van der Waals surface area contributed by atoms with Crippen LogP contribution in [0.15, 0.2) is 158 Å². The fourth-order valence-electron chi connectivity index (χ4n) is 8.14. The highest BCUT2D eigenvalue weighted by atomic mass is 32.2. The third kappa shape index (κ3) is 12.7. The lowest BCUT2D eigenvalue weighted by Gasteiger charge is -2.40. The first-order valence-corrected chi connectivity index (χ1v) is 25.2. The molecule has 2 aliphatic heterocycles. The summed E-state index contributed by atoms with van der Waals surface area (Å²) in [6.45, 7) is 1.75. The summed E-state index contributed by atoms with van der Waals surface area (Å²) in [5.41, 5.74) is 4.72. The molecule has 19 heteroatoms. The van der Waals surface area contributed by atoms with E-state index in [4.69, 9.17) is 9.47 Å². The van der Waals surface area contributed by atoms with Gasteiger partial charge in [-0.15, -0.1) is 20.4 Å². The Morgan fingerprint density at radius 2 is 0.901 bits per heavy atom. The van der Waals surface area contributed by atoms with Crippen LogP contribution in [-0.4, -0.2) is 78.8 Å². The molecule has 11 nitrogen and oxygen atoms in total. The molecule has 0 saturated carbocycles. The van der Waals surface area contributed by atoms with E-state index in [9.17, 15) is 30.6 Å². The molecule has 0 aliphatic carbocycles. The van der Waals surface area contributed by atoms with Crippen molar-refractivity contribution >= 4 is 22.6 Å². The first kappa shape index (κ1) is 49.4. The Morgan fingerprint density at radius 3 is 1.30 bits per heavy atom. The number of alkyl halides is 6. The van der Waals surface area contributed by atoms with Crippen LogP contribution in [0, 0.1) is 0 Å². The second-order valence-electron chi connectivity index (χ2n) is 17.5. The second kappa shape index (κ2) is 21.4. The Bertz CT molecular complexity index is 3030. The van der Waals surface area contributed by atoms with Crippen molar-refractivity contribution < 1.29 is 40.0 Å². The molecular formula is C52H46F6N8O3S2. The molecule has 0 spiro atoms. The van der Waals surface area contributed by atoms with Crippen LogP contribution in [-0.2, 0) is 71.8 Å². The lowest BCUT2D eigenvalue weighted by atomic mass is 9.98. The Morgan fingerprint density at radius 1 is 0.507 bits per heavy atom. The molecule has 2 fully saturated rings. The van der Waals surface area contributed by atoms with Crippen molar-refractivity contribution in [2.45, 2.75) is 62.7 Å². The number of halogens is 6. The summed E-state index contributed by atoms with van der Waals surface area (Å²) in [6.07, 6.45) is -7.83. The van der Waals surface area contributed by atoms with E-state index in [0.717, 1.165) is 80.3 Å². The smallest absolute Gasteiger partial charge is 0.367 e. The third-order valence-electron chi connectivity index (χ3n) is 12.0. The summed E-state index contributed by atoms with van der Waals surface area (Å²) in [5, 5.41) is 26.1. The predicted molar refractivity (Wildman–Crippen MR) is 258 cm³/mol. The summed E-state index contributed by atoms with van der Waals surface area (Å²) < 4.78 is 102. The second-order valence-corrected chi connectivity index (χ2v) is 19.9. The molecule has 2 saturated heterocycles. The van der Waals surface area contributed by atoms with Crippen LogP contribution in [0.25, 0.3) is 22.8 Å². The predicted octanol–water partition coefficient (Wildman–Crippen LogP) is 10.3. The van der Waals surface area contributed by atoms with E-state index in [1.807, 2.05) is 121 Å². The Hall–Kier alpha value is -6.54. The maximum absolute atomic E-state index is 12.9. The number of nitrogens with zero attached hydrogens (tertiary/aromatic N) is 8. The standard InChI is InChI=1S/C26H23F3N4O2S.C26H23F3N4OS/c27-26(28,29)22-12-10-19(11-13-22)14-21-8-4-5-9-23(21)24-30-32-33(31-24)16-25(17-36(34)18-25)35-15-20-6-2-1-3-7-20;27-26(28,29)22-12-10-19(11-13-22)14-21-8-4-5-9-23(21)24-30-32-33(31-24)16-25(17-35-18-25)34-15-20-6-2-1-3-7-20/h1-13H,14-18H2;1-13H,14-18H2. The van der Waals surface area contributed by atoms with Gasteiger partial charge >= 0.3 is 12.4 Å². The first-order valence-electron chi connectivity index (χ1n) is 22.5. The van der Waals surface area contributed by atoms with Crippen molar-refractivity contribution in [3.05, 3.63) is 202 Å². The molecule has 10 rings (SSSR count). The zero-order valence-corrected chi connectivity index (χ0v) is 39.6. The number of rotatable bonds is 16. The maximum Gasteiger partial charge on any atom is 0.416 e. The number of tetrazole rings is 2. The van der Waals surface area contributed by atoms with Gasteiger partial charge in [-0.05, 0) is 80.9 Å². The molecule has 6 aromatic carbocycles. The van der Waals surface area contributed by atoms with E-state index >= 15 is 0 Å². The number of benzene rings is 6. The van der Waals surface area contributed by atoms with Crippen molar-refractivity contribution in [2.75, 3.05) is 23.0 Å². The molecule has 8 aromatic rings. The highest BCUT2D eigenvalue weighted by molar-refractivity contribution is 8.00. The SMILES string of the molecule is FC(F)(F)c1ccc(Cc2ccccc2-c2nnn(CC3(OCc4ccccc4)CSC3)n2)cc1.O=S1CC(Cn2nnc(-c3ccccc3Cc3ccc(C(F)(F)F)cc3)n2)(OCc2ccccc2)C1. The molecule has 0 amide bonds. The minimum Gasteiger partial charge on any atom is -0.367 e. The van der Waals surface area contributed by atoms with Crippen LogP contribution in [0.4, 0.5) is 26.3 Å². The fourth-order valence-corrected chi connectivity index (χ4v) is 10.6. The molecular weight excluding hydrogens is 963 g/mol. The van der Waals surface area contributed by atoms with Gasteiger partial charge < -0.3 is 9.47 Å². The summed E-state index contributed by atoms with van der Waals surface area (Å²) >= 11 is 1.82. The quantitative estimate of drug-likeness (QED) is 0.0865. The Labute approximate surface area is 412 Å². The minimum absolute atomic E-state index is 0.319. The van der Waals surface area contributed by atoms with Crippen molar-refractivity contribution in [3.63, 3.8) is 0 Å². The van der Waals surface area contributed by atoms with Crippen molar-refractivity contribution in [1.82, 2.24) is 40.4 Å². The van der Waals surface area contributed by atoms with Gasteiger partial charge in [0, 0.05) is 33.4 Å². The zero-order chi connectivity index (χ0) is 49.5. The van der Waals surface area contributed by atoms with Crippen molar-refractivity contribution in [1.29, 1.82) is 0 Å². The fraction of sp³-hybridized carbons (Fsp3) is 0.269. The average molecular weight is 1010 g/mol. The normalized spacial score (nSPS) is 17.4. The van der Waals surface area contributed by atoms with Crippen LogP contribution in [0.1, 0.15) is 44.5 Å². The van der Waals surface area contributed by atoms with Gasteiger partial charge in [0.1, 0.15) is 11.2 Å². The van der Waals surface area contributed by atoms with Gasteiger partial charge in [-0.3, -0.25) is 4.21 Å². The highest BCUT2D eigenvalue weighted by Gasteiger charge is 2.45. The van der Waals surface area contributed by atoms with Gasteiger partial charge in [0.05, 0.1) is 48.9 Å². The van der Waals surface area contributed by atoms with Gasteiger partial charge in [0.15, 0.2) is 0 Å². The van der Waals surface area contributed by atoms with Crippen LogP contribution < -0.4 is 0 Å². The number of hydrogen-bond acceptors (Lipinski definition) is 10. The third-order valence-corrected chi connectivity index (χ3v) is 15.1. The summed E-state index contributed by atoms with van der Waals surface area (Å²) in [6, 6.07) is 45.3. The van der Waals surface area contributed by atoms with Gasteiger partial charge in [0.25, 0.3) is 0 Å². The number of aromatic nitrogens is 8. The number of hydrogen-bond donors (Lipinski definition) is 0. The zero-order valence-electron chi connectivity index (χ0n) is 38.0. The Balaban J connectivity index is 0.000000176. The number of thioether (sulfide) groups is 1. The molecule has 0 atom stereocenters. The molecule has 0 N–H and O–H groups in total. The minimum atomic E-state index is -4.37. The Kier molecular flexibility index (Phi) is 14.9. The molecule has 4 heterocycles. The lowest BCUT2D eigenvalue weighted by molar-refractivity contribution is -0.138. The van der Waals surface area contributed by atoms with Crippen LogP contribution in [0.2, 0.25) is 0 Å². The summed E-state index contributed by atoms with van der Waals surface area (Å²) in [7, 11) is -0.941. The summed E-state index contributed by atoms with van der Waals surface area (Å²) in [4.78, 5) is 3.04. The molecule has 366 valence electrons. The van der Waals surface area contributed by atoms with E-state index in [0.29, 0.717) is 62.3 Å². The number of ether oxygens (including phenoxy) is 2. The van der Waals surface area contributed by atoms with E-state index in [1.54, 1.807) is 4.80 Å². The van der Waals surface area contributed by atoms with Gasteiger partial charge in [-0.2, -0.15) is 47.7 Å². The van der Waals surface area contributed by atoms with Gasteiger partial charge in [-0.25, -0.2) is 0 Å².